The second kappa shape index (κ2) is 4.84. The van der Waals surface area contributed by atoms with Gasteiger partial charge in [0.05, 0.1) is 0 Å². The maximum absolute atomic E-state index is 5.50. The van der Waals surface area contributed by atoms with Crippen molar-refractivity contribution in [1.82, 2.24) is 14.0 Å². The Hall–Kier alpha value is -0.490. The van der Waals surface area contributed by atoms with E-state index in [4.69, 9.17) is 6.42 Å². The second-order valence-corrected chi connectivity index (χ2v) is 7.80. The van der Waals surface area contributed by atoms with E-state index in [0.717, 1.165) is 0 Å². The summed E-state index contributed by atoms with van der Waals surface area (Å²) in [6.45, 7) is 0. The smallest absolute Gasteiger partial charge is 0.242 e. The molecular weight excluding hydrogens is 195 g/mol. The zero-order valence-electron chi connectivity index (χ0n) is 10.3. The summed E-state index contributed by atoms with van der Waals surface area (Å²) in [7, 11) is 12.6. The molecule has 0 saturated carbocycles. The van der Waals surface area contributed by atoms with Gasteiger partial charge in [-0.25, -0.2) is 18.3 Å². The van der Waals surface area contributed by atoms with Crippen molar-refractivity contribution in [3.05, 3.63) is 0 Å². The minimum absolute atomic E-state index is 1.71. The first-order valence-electron chi connectivity index (χ1n) is 4.44. The summed E-state index contributed by atoms with van der Waals surface area (Å²) < 4.78 is 8.51. The molecule has 0 bridgehead atoms. The molecule has 4 nitrogen and oxygen atoms in total. The van der Waals surface area contributed by atoms with Crippen LogP contribution in [0.5, 0.6) is 0 Å². The van der Waals surface area contributed by atoms with Gasteiger partial charge in [-0.1, -0.05) is 6.42 Å². The van der Waals surface area contributed by atoms with Crippen LogP contribution in [0.1, 0.15) is 0 Å². The lowest BCUT2D eigenvalue weighted by Gasteiger charge is -2.36. The fraction of sp³-hybridized carbons (Fsp3) is 0.778. The Morgan fingerprint density at radius 1 is 1.00 bits per heavy atom. The first kappa shape index (κ1) is 13.5. The van der Waals surface area contributed by atoms with Crippen molar-refractivity contribution in [3.63, 3.8) is 0 Å². The van der Waals surface area contributed by atoms with E-state index >= 15 is 0 Å². The van der Waals surface area contributed by atoms with Crippen LogP contribution in [-0.4, -0.2) is 67.7 Å². The number of nitrogens with zero attached hydrogens (tertiary/aromatic N) is 4. The van der Waals surface area contributed by atoms with Crippen LogP contribution in [0, 0.1) is 12.5 Å². The molecule has 0 aromatic carbocycles. The van der Waals surface area contributed by atoms with Crippen LogP contribution in [0.15, 0.2) is 0 Å². The Morgan fingerprint density at radius 2 is 1.36 bits per heavy atom. The van der Waals surface area contributed by atoms with E-state index in [0.29, 0.717) is 0 Å². The zero-order chi connectivity index (χ0) is 11.5. The summed E-state index contributed by atoms with van der Waals surface area (Å²) >= 11 is 0. The van der Waals surface area contributed by atoms with E-state index in [1.807, 2.05) is 11.7 Å². The molecule has 82 valence electrons. The monoisotopic (exact) mass is 217 g/mol. The summed E-state index contributed by atoms with van der Waals surface area (Å²) in [5.74, 6) is 0. The summed E-state index contributed by atoms with van der Waals surface area (Å²) in [5.41, 5.74) is 0. The van der Waals surface area contributed by atoms with Crippen LogP contribution in [-0.2, 0) is 0 Å². The number of rotatable bonds is 3. The molecule has 5 heteroatoms. The van der Waals surface area contributed by atoms with Crippen LogP contribution in [0.4, 0.5) is 0 Å². The number of terminal acetylenes is 1. The van der Waals surface area contributed by atoms with Crippen molar-refractivity contribution < 1.29 is 4.33 Å². The van der Waals surface area contributed by atoms with Gasteiger partial charge in [-0.15, -0.1) is 0 Å². The van der Waals surface area contributed by atoms with Gasteiger partial charge in [0.2, 0.25) is 0 Å². The van der Waals surface area contributed by atoms with E-state index in [9.17, 15) is 0 Å². The number of hydrogen-bond acceptors (Lipinski definition) is 0. The van der Waals surface area contributed by atoms with E-state index in [-0.39, 0.29) is 0 Å². The van der Waals surface area contributed by atoms with Crippen LogP contribution < -0.4 is 0 Å². The molecule has 0 saturated heterocycles. The first-order chi connectivity index (χ1) is 6.31. The van der Waals surface area contributed by atoms with E-state index in [1.165, 1.54) is 0 Å². The SMILES string of the molecule is C#CN(C)P(N(C)C)(N(C)C)=[N+](C)C. The van der Waals surface area contributed by atoms with Crippen LogP contribution in [0.2, 0.25) is 0 Å². The lowest BCUT2D eigenvalue weighted by atomic mass is 11.1. The molecule has 0 heterocycles. The predicted octanol–water partition coefficient (Wildman–Crippen LogP) is 0.850. The number of hydrogen-bond donors (Lipinski definition) is 0. The molecule has 0 N–H and O–H groups in total. The Bertz CT molecular complexity index is 272. The summed E-state index contributed by atoms with van der Waals surface area (Å²) in [6, 6.07) is 2.71. The van der Waals surface area contributed by atoms with Gasteiger partial charge >= 0.3 is 7.51 Å². The molecule has 0 rings (SSSR count). The Labute approximate surface area is 88.3 Å². The predicted molar refractivity (Wildman–Crippen MR) is 63.0 cm³/mol. The molecule has 0 atom stereocenters. The van der Waals surface area contributed by atoms with Crippen molar-refractivity contribution >= 4 is 7.51 Å². The van der Waals surface area contributed by atoms with Crippen molar-refractivity contribution in [3.8, 4) is 12.5 Å². The quantitative estimate of drug-likeness (QED) is 0.395. The highest BCUT2D eigenvalue weighted by Gasteiger charge is 2.37. The maximum Gasteiger partial charge on any atom is 0.343 e. The lowest BCUT2D eigenvalue weighted by molar-refractivity contribution is -0.452. The highest BCUT2D eigenvalue weighted by molar-refractivity contribution is 7.56. The van der Waals surface area contributed by atoms with Crippen LogP contribution >= 0.6 is 7.51 Å². The molecular formula is C9H22N4P+. The van der Waals surface area contributed by atoms with E-state index in [1.54, 1.807) is 0 Å². The van der Waals surface area contributed by atoms with Crippen molar-refractivity contribution in [2.45, 2.75) is 0 Å². The van der Waals surface area contributed by atoms with Gasteiger partial charge in [0.1, 0.15) is 14.1 Å². The van der Waals surface area contributed by atoms with Gasteiger partial charge in [0.15, 0.2) is 0 Å². The largest absolute Gasteiger partial charge is 0.343 e. The molecule has 0 fully saturated rings. The highest BCUT2D eigenvalue weighted by Crippen LogP contribution is 2.53. The molecule has 0 amide bonds. The van der Waals surface area contributed by atoms with Crippen molar-refractivity contribution in [1.29, 1.82) is 0 Å². The summed E-state index contributed by atoms with van der Waals surface area (Å²) in [5, 5.41) is 0. The minimum atomic E-state index is -1.71. The molecule has 0 aromatic heterocycles. The van der Waals surface area contributed by atoms with Gasteiger partial charge < -0.3 is 0 Å². The zero-order valence-corrected chi connectivity index (χ0v) is 11.2. The first-order valence-corrected chi connectivity index (χ1v) is 6.04. The average molecular weight is 217 g/mol. The van der Waals surface area contributed by atoms with Crippen molar-refractivity contribution in [2.75, 3.05) is 49.3 Å². The van der Waals surface area contributed by atoms with Gasteiger partial charge in [0, 0.05) is 13.1 Å². The van der Waals surface area contributed by atoms with E-state index < -0.39 is 7.51 Å². The third-order valence-electron chi connectivity index (χ3n) is 2.20. The van der Waals surface area contributed by atoms with E-state index in [2.05, 4.69) is 62.0 Å². The van der Waals surface area contributed by atoms with Gasteiger partial charge in [-0.3, -0.25) is 0 Å². The molecule has 0 aromatic rings. The topological polar surface area (TPSA) is 12.7 Å². The Morgan fingerprint density at radius 3 is 1.43 bits per heavy atom. The molecule has 0 aliphatic rings. The fourth-order valence-corrected chi connectivity index (χ4v) is 5.87. The molecule has 0 unspecified atom stereocenters. The third kappa shape index (κ3) is 1.95. The molecule has 0 aliphatic carbocycles. The van der Waals surface area contributed by atoms with Crippen molar-refractivity contribution in [2.24, 2.45) is 0 Å². The molecule has 0 spiro atoms. The van der Waals surface area contributed by atoms with Gasteiger partial charge in [-0.05, 0) is 28.2 Å². The maximum atomic E-state index is 5.50. The lowest BCUT2D eigenvalue weighted by Crippen LogP contribution is -2.34. The van der Waals surface area contributed by atoms with Crippen LogP contribution in [0.3, 0.4) is 0 Å². The average Bonchev–Trinajstić information content (AvgIpc) is 2.02. The fourth-order valence-electron chi connectivity index (χ4n) is 1.96. The minimum Gasteiger partial charge on any atom is -0.242 e. The summed E-state index contributed by atoms with van der Waals surface area (Å²) in [6.07, 6.45) is 5.50. The van der Waals surface area contributed by atoms with Gasteiger partial charge in [-0.2, -0.15) is 0 Å². The standard InChI is InChI=1S/C9H22N4P/c1-9-13(8)14(10(2)3,11(4)5)12(6)7/h1H,2-8H3/q+1. The van der Waals surface area contributed by atoms with Crippen LogP contribution in [0.25, 0.3) is 0 Å². The molecule has 0 aliphatic heterocycles. The second-order valence-electron chi connectivity index (χ2n) is 3.73. The molecule has 14 heavy (non-hydrogen) atoms. The summed E-state index contributed by atoms with van der Waals surface area (Å²) in [4.78, 5) is 0. The normalized spacial score (nSPS) is 11.7. The Kier molecular flexibility index (Phi) is 4.67. The third-order valence-corrected chi connectivity index (χ3v) is 6.34. The van der Waals surface area contributed by atoms with Gasteiger partial charge in [0.25, 0.3) is 0 Å². The Balaban J connectivity index is 5.71. The highest BCUT2D eigenvalue weighted by atomic mass is 31.2. The molecule has 0 radical (unpaired) electrons.